The molecule has 1 aliphatic rings. The van der Waals surface area contributed by atoms with Crippen LogP contribution in [0.4, 0.5) is 4.39 Å². The molecule has 1 aromatic carbocycles. The van der Waals surface area contributed by atoms with Crippen LogP contribution in [0.1, 0.15) is 23.2 Å². The van der Waals surface area contributed by atoms with Gasteiger partial charge in [-0.3, -0.25) is 14.6 Å². The van der Waals surface area contributed by atoms with Gasteiger partial charge >= 0.3 is 0 Å². The fourth-order valence-corrected chi connectivity index (χ4v) is 2.85. The average Bonchev–Trinajstić information content (AvgIpc) is 3.45. The van der Waals surface area contributed by atoms with Crippen molar-refractivity contribution in [3.05, 3.63) is 75.8 Å². The summed E-state index contributed by atoms with van der Waals surface area (Å²) >= 11 is 5.94. The summed E-state index contributed by atoms with van der Waals surface area (Å²) in [5.41, 5.74) is -0.572. The van der Waals surface area contributed by atoms with Gasteiger partial charge in [-0.1, -0.05) is 23.7 Å². The number of hydrogen-bond acceptors (Lipinski definition) is 4. The van der Waals surface area contributed by atoms with Crippen LogP contribution in [-0.2, 0) is 0 Å². The first-order valence-electron chi connectivity index (χ1n) is 8.73. The normalized spacial score (nSPS) is 14.5. The number of aromatic nitrogens is 3. The second kappa shape index (κ2) is 7.16. The van der Waals surface area contributed by atoms with Crippen molar-refractivity contribution in [2.45, 2.75) is 18.5 Å². The molecular formula is C20H16ClFN4O2. The molecule has 1 N–H and O–H groups in total. The van der Waals surface area contributed by atoms with Crippen molar-refractivity contribution in [2.75, 3.05) is 6.54 Å². The molecule has 0 spiro atoms. The molecule has 3 aromatic rings. The van der Waals surface area contributed by atoms with Crippen molar-refractivity contribution in [1.29, 1.82) is 0 Å². The van der Waals surface area contributed by atoms with Crippen LogP contribution in [0.25, 0.3) is 16.9 Å². The third-order valence-corrected chi connectivity index (χ3v) is 4.80. The van der Waals surface area contributed by atoms with Gasteiger partial charge in [0.2, 0.25) is 0 Å². The third kappa shape index (κ3) is 3.80. The first kappa shape index (κ1) is 18.3. The maximum atomic E-state index is 13.9. The largest absolute Gasteiger partial charge is 0.349 e. The Morgan fingerprint density at radius 1 is 1.25 bits per heavy atom. The van der Waals surface area contributed by atoms with E-state index < -0.39 is 17.1 Å². The molecule has 142 valence electrons. The number of nitrogens with zero attached hydrogens (tertiary/aromatic N) is 3. The van der Waals surface area contributed by atoms with Gasteiger partial charge in [0.15, 0.2) is 0 Å². The van der Waals surface area contributed by atoms with Crippen molar-refractivity contribution in [1.82, 2.24) is 20.1 Å². The Hall–Kier alpha value is -3.06. The van der Waals surface area contributed by atoms with Gasteiger partial charge in [0, 0.05) is 16.8 Å². The number of nitrogens with one attached hydrogen (secondary N) is 1. The smallest absolute Gasteiger partial charge is 0.284 e. The van der Waals surface area contributed by atoms with Crippen molar-refractivity contribution in [3.8, 4) is 16.9 Å². The lowest BCUT2D eigenvalue weighted by molar-refractivity contribution is 0.0935. The Balaban J connectivity index is 1.79. The average molecular weight is 399 g/mol. The van der Waals surface area contributed by atoms with Gasteiger partial charge in [-0.15, -0.1) is 0 Å². The van der Waals surface area contributed by atoms with Gasteiger partial charge in [-0.2, -0.15) is 9.78 Å². The Kier molecular flexibility index (Phi) is 4.68. The second-order valence-corrected chi connectivity index (χ2v) is 7.15. The van der Waals surface area contributed by atoms with Crippen LogP contribution < -0.4 is 10.9 Å². The molecule has 28 heavy (non-hydrogen) atoms. The minimum Gasteiger partial charge on any atom is -0.349 e. The van der Waals surface area contributed by atoms with Crippen molar-refractivity contribution < 1.29 is 9.18 Å². The number of halogens is 2. The zero-order valence-corrected chi connectivity index (χ0v) is 15.5. The molecule has 0 bridgehead atoms. The number of hydrogen-bond donors (Lipinski definition) is 1. The standard InChI is InChI=1S/C20H16ClFN4O2/c21-14-5-3-13(4-6-14)17-10-16(18(27)24-12-20(22)7-8-20)19(28)26(25-17)15-2-1-9-23-11-15/h1-6,9-11H,7-8,12H2,(H,24,27). The number of carbonyl (C=O) groups excluding carboxylic acids is 1. The molecule has 0 atom stereocenters. The molecule has 0 unspecified atom stereocenters. The molecule has 0 saturated heterocycles. The number of amides is 1. The van der Waals surface area contributed by atoms with Gasteiger partial charge in [-0.05, 0) is 43.2 Å². The van der Waals surface area contributed by atoms with E-state index in [0.29, 0.717) is 34.8 Å². The molecule has 1 fully saturated rings. The quantitative estimate of drug-likeness (QED) is 0.716. The minimum atomic E-state index is -1.36. The zero-order valence-electron chi connectivity index (χ0n) is 14.7. The molecule has 1 aliphatic carbocycles. The molecule has 6 nitrogen and oxygen atoms in total. The molecule has 1 saturated carbocycles. The first-order chi connectivity index (χ1) is 13.5. The van der Waals surface area contributed by atoms with E-state index in [9.17, 15) is 14.0 Å². The lowest BCUT2D eigenvalue weighted by Gasteiger charge is -2.12. The molecule has 2 aromatic heterocycles. The Morgan fingerprint density at radius 2 is 2.00 bits per heavy atom. The second-order valence-electron chi connectivity index (χ2n) is 6.71. The molecule has 8 heteroatoms. The first-order valence-corrected chi connectivity index (χ1v) is 9.11. The topological polar surface area (TPSA) is 76.9 Å². The Morgan fingerprint density at radius 3 is 2.64 bits per heavy atom. The Labute approximate surface area is 165 Å². The zero-order chi connectivity index (χ0) is 19.7. The fraction of sp³-hybridized carbons (Fsp3) is 0.200. The lowest BCUT2D eigenvalue weighted by atomic mass is 10.1. The van der Waals surface area contributed by atoms with Gasteiger partial charge in [-0.25, -0.2) is 4.39 Å². The van der Waals surface area contributed by atoms with Crippen molar-refractivity contribution >= 4 is 17.5 Å². The molecule has 0 radical (unpaired) electrons. The fourth-order valence-electron chi connectivity index (χ4n) is 2.72. The van der Waals surface area contributed by atoms with Crippen LogP contribution in [0.3, 0.4) is 0 Å². The number of pyridine rings is 1. The molecule has 0 aliphatic heterocycles. The van der Waals surface area contributed by atoms with Crippen LogP contribution in [0.2, 0.25) is 5.02 Å². The van der Waals surface area contributed by atoms with E-state index in [0.717, 1.165) is 4.68 Å². The Bertz CT molecular complexity index is 1080. The summed E-state index contributed by atoms with van der Waals surface area (Å²) in [7, 11) is 0. The van der Waals surface area contributed by atoms with Gasteiger partial charge < -0.3 is 5.32 Å². The number of alkyl halides is 1. The maximum absolute atomic E-state index is 13.9. The van der Waals surface area contributed by atoms with E-state index in [1.165, 1.54) is 12.3 Å². The van der Waals surface area contributed by atoms with Crippen LogP contribution in [-0.4, -0.2) is 32.9 Å². The van der Waals surface area contributed by atoms with E-state index in [1.807, 2.05) is 0 Å². The van der Waals surface area contributed by atoms with Crippen LogP contribution >= 0.6 is 11.6 Å². The minimum absolute atomic E-state index is 0.114. The summed E-state index contributed by atoms with van der Waals surface area (Å²) in [5.74, 6) is -0.635. The van der Waals surface area contributed by atoms with Gasteiger partial charge in [0.1, 0.15) is 11.2 Å². The monoisotopic (exact) mass is 398 g/mol. The van der Waals surface area contributed by atoms with Gasteiger partial charge in [0.05, 0.1) is 24.1 Å². The molecule has 4 rings (SSSR count). The highest BCUT2D eigenvalue weighted by molar-refractivity contribution is 6.30. The SMILES string of the molecule is O=C(NCC1(F)CC1)c1cc(-c2ccc(Cl)cc2)nn(-c2cccnc2)c1=O. The number of benzene rings is 1. The highest BCUT2D eigenvalue weighted by Gasteiger charge is 2.43. The van der Waals surface area contributed by atoms with Crippen molar-refractivity contribution in [3.63, 3.8) is 0 Å². The predicted octanol–water partition coefficient (Wildman–Crippen LogP) is 3.18. The lowest BCUT2D eigenvalue weighted by Crippen LogP contribution is -2.37. The molecule has 2 heterocycles. The summed E-state index contributed by atoms with van der Waals surface area (Å²) in [5, 5.41) is 7.45. The van der Waals surface area contributed by atoms with Crippen molar-refractivity contribution in [2.24, 2.45) is 0 Å². The third-order valence-electron chi connectivity index (χ3n) is 4.54. The summed E-state index contributed by atoms with van der Waals surface area (Å²) in [4.78, 5) is 29.5. The van der Waals surface area contributed by atoms with E-state index in [1.54, 1.807) is 42.6 Å². The van der Waals surface area contributed by atoms with Crippen LogP contribution in [0.5, 0.6) is 0 Å². The number of carbonyl (C=O) groups is 1. The van der Waals surface area contributed by atoms with E-state index >= 15 is 0 Å². The molecular weight excluding hydrogens is 383 g/mol. The summed E-state index contributed by atoms with van der Waals surface area (Å²) in [6.45, 7) is -0.114. The van der Waals surface area contributed by atoms with E-state index in [2.05, 4.69) is 15.4 Å². The van der Waals surface area contributed by atoms with E-state index in [4.69, 9.17) is 11.6 Å². The number of rotatable bonds is 5. The highest BCUT2D eigenvalue weighted by Crippen LogP contribution is 2.38. The van der Waals surface area contributed by atoms with Crippen LogP contribution in [0, 0.1) is 0 Å². The summed E-state index contributed by atoms with van der Waals surface area (Å²) in [6.07, 6.45) is 3.88. The predicted molar refractivity (Wildman–Crippen MR) is 103 cm³/mol. The van der Waals surface area contributed by atoms with Gasteiger partial charge in [0.25, 0.3) is 11.5 Å². The summed E-state index contributed by atoms with van der Waals surface area (Å²) in [6, 6.07) is 11.6. The highest BCUT2D eigenvalue weighted by atomic mass is 35.5. The van der Waals surface area contributed by atoms with E-state index in [-0.39, 0.29) is 12.1 Å². The van der Waals surface area contributed by atoms with Crippen LogP contribution in [0.15, 0.2) is 59.7 Å². The summed E-state index contributed by atoms with van der Waals surface area (Å²) < 4.78 is 15.0. The molecule has 1 amide bonds. The maximum Gasteiger partial charge on any atom is 0.284 e.